The Bertz CT molecular complexity index is 710. The van der Waals surface area contributed by atoms with Gasteiger partial charge in [0.2, 0.25) is 11.7 Å². The molecule has 3 rings (SSSR count). The molecule has 0 unspecified atom stereocenters. The Morgan fingerprint density at radius 3 is 2.37 bits per heavy atom. The van der Waals surface area contributed by atoms with E-state index in [0.29, 0.717) is 36.9 Å². The van der Waals surface area contributed by atoms with Crippen molar-refractivity contribution >= 4 is 11.9 Å². The Morgan fingerprint density at radius 2 is 1.81 bits per heavy atom. The van der Waals surface area contributed by atoms with Gasteiger partial charge in [-0.2, -0.15) is 0 Å². The summed E-state index contributed by atoms with van der Waals surface area (Å²) < 4.78 is 26.4. The molecule has 0 spiro atoms. The van der Waals surface area contributed by atoms with Crippen molar-refractivity contribution in [3.63, 3.8) is 0 Å². The third-order valence-electron chi connectivity index (χ3n) is 5.40. The molecular formula is C19H25NO7. The first-order chi connectivity index (χ1) is 13.0. The highest BCUT2D eigenvalue weighted by Gasteiger charge is 2.57. The molecule has 0 bridgehead atoms. The van der Waals surface area contributed by atoms with Crippen molar-refractivity contribution in [3.8, 4) is 17.2 Å². The number of nitrogens with zero attached hydrogens (tertiary/aromatic N) is 1. The van der Waals surface area contributed by atoms with Crippen LogP contribution < -0.4 is 14.2 Å². The standard InChI is InChI=1S/C19H25NO7/c1-23-14-5-12(6-15(24-2)17(14)25-3)7-16(21)20-8-13-9-27-11-19(13,10-20)18(22)26-4/h5-6,13H,7-11H2,1-4H3/t13-,19-/m0/s1. The van der Waals surface area contributed by atoms with Crippen molar-refractivity contribution in [2.75, 3.05) is 54.7 Å². The molecule has 0 radical (unpaired) electrons. The van der Waals surface area contributed by atoms with Crippen LogP contribution in [-0.4, -0.2) is 71.5 Å². The Kier molecular flexibility index (Phi) is 5.46. The van der Waals surface area contributed by atoms with Gasteiger partial charge in [-0.05, 0) is 17.7 Å². The summed E-state index contributed by atoms with van der Waals surface area (Å²) in [5.41, 5.74) is -0.00500. The molecule has 2 atom stereocenters. The van der Waals surface area contributed by atoms with E-state index in [1.807, 2.05) is 0 Å². The summed E-state index contributed by atoms with van der Waals surface area (Å²) in [7, 11) is 5.96. The second-order valence-electron chi connectivity index (χ2n) is 6.84. The number of hydrogen-bond acceptors (Lipinski definition) is 7. The lowest BCUT2D eigenvalue weighted by Gasteiger charge is -2.24. The molecule has 1 aromatic carbocycles. The zero-order chi connectivity index (χ0) is 19.6. The maximum Gasteiger partial charge on any atom is 0.316 e. The number of methoxy groups -OCH3 is 4. The number of amides is 1. The number of ether oxygens (including phenoxy) is 5. The SMILES string of the molecule is COC(=O)[C@@]12COC[C@@H]1CN(C(=O)Cc1cc(OC)c(OC)c(OC)c1)C2. The number of likely N-dealkylation sites (tertiary alicyclic amines) is 1. The first kappa shape index (κ1) is 19.3. The van der Waals surface area contributed by atoms with Gasteiger partial charge in [-0.1, -0.05) is 0 Å². The van der Waals surface area contributed by atoms with E-state index >= 15 is 0 Å². The van der Waals surface area contributed by atoms with Crippen LogP contribution in [-0.2, 0) is 25.5 Å². The Balaban J connectivity index is 1.78. The van der Waals surface area contributed by atoms with Gasteiger partial charge < -0.3 is 28.6 Å². The second-order valence-corrected chi connectivity index (χ2v) is 6.84. The summed E-state index contributed by atoms with van der Waals surface area (Å²) in [6.07, 6.45) is 0.168. The van der Waals surface area contributed by atoms with Crippen molar-refractivity contribution in [2.45, 2.75) is 6.42 Å². The highest BCUT2D eigenvalue weighted by atomic mass is 16.5. The summed E-state index contributed by atoms with van der Waals surface area (Å²) in [5, 5.41) is 0. The van der Waals surface area contributed by atoms with Crippen LogP contribution in [0.4, 0.5) is 0 Å². The third kappa shape index (κ3) is 3.29. The van der Waals surface area contributed by atoms with Gasteiger partial charge in [0.1, 0.15) is 5.41 Å². The predicted molar refractivity (Wildman–Crippen MR) is 95.1 cm³/mol. The topological polar surface area (TPSA) is 83.5 Å². The second kappa shape index (κ2) is 7.64. The molecule has 2 fully saturated rings. The number of carbonyl (C=O) groups excluding carboxylic acids is 2. The lowest BCUT2D eigenvalue weighted by Crippen LogP contribution is -2.41. The van der Waals surface area contributed by atoms with Gasteiger partial charge >= 0.3 is 5.97 Å². The number of rotatable bonds is 6. The zero-order valence-corrected chi connectivity index (χ0v) is 16.1. The highest BCUT2D eigenvalue weighted by molar-refractivity contribution is 5.84. The van der Waals surface area contributed by atoms with Gasteiger partial charge in [-0.15, -0.1) is 0 Å². The monoisotopic (exact) mass is 379 g/mol. The minimum absolute atomic E-state index is 0.0335. The molecular weight excluding hydrogens is 354 g/mol. The quantitative estimate of drug-likeness (QED) is 0.679. The summed E-state index contributed by atoms with van der Waals surface area (Å²) in [5.74, 6) is 1.06. The molecule has 148 valence electrons. The van der Waals surface area contributed by atoms with Crippen molar-refractivity contribution in [2.24, 2.45) is 11.3 Å². The number of esters is 1. The van der Waals surface area contributed by atoms with Gasteiger partial charge in [0.15, 0.2) is 11.5 Å². The molecule has 8 heteroatoms. The van der Waals surface area contributed by atoms with Crippen LogP contribution in [0.25, 0.3) is 0 Å². The lowest BCUT2D eigenvalue weighted by atomic mass is 9.81. The summed E-state index contributed by atoms with van der Waals surface area (Å²) in [4.78, 5) is 26.9. The molecule has 2 aliphatic heterocycles. The molecule has 27 heavy (non-hydrogen) atoms. The Hall–Kier alpha value is -2.48. The van der Waals surface area contributed by atoms with Crippen molar-refractivity contribution in [3.05, 3.63) is 17.7 Å². The Labute approximate surface area is 158 Å². The smallest absolute Gasteiger partial charge is 0.316 e. The first-order valence-electron chi connectivity index (χ1n) is 8.72. The van der Waals surface area contributed by atoms with E-state index in [0.717, 1.165) is 5.56 Å². The third-order valence-corrected chi connectivity index (χ3v) is 5.40. The van der Waals surface area contributed by atoms with Crippen LogP contribution in [0.1, 0.15) is 5.56 Å². The van der Waals surface area contributed by atoms with Gasteiger partial charge in [0.05, 0.1) is 48.1 Å². The summed E-state index contributed by atoms with van der Waals surface area (Å²) >= 11 is 0. The zero-order valence-electron chi connectivity index (χ0n) is 16.1. The van der Waals surface area contributed by atoms with Crippen molar-refractivity contribution < 1.29 is 33.3 Å². The molecule has 2 aliphatic rings. The molecule has 8 nitrogen and oxygen atoms in total. The average molecular weight is 379 g/mol. The molecule has 0 saturated carbocycles. The largest absolute Gasteiger partial charge is 0.493 e. The molecule has 2 saturated heterocycles. The number of fused-ring (bicyclic) bond motifs is 1. The highest BCUT2D eigenvalue weighted by Crippen LogP contribution is 2.43. The molecule has 1 aromatic rings. The number of hydrogen-bond donors (Lipinski definition) is 0. The first-order valence-corrected chi connectivity index (χ1v) is 8.72. The maximum atomic E-state index is 12.9. The molecule has 0 N–H and O–H groups in total. The molecule has 2 heterocycles. The van der Waals surface area contributed by atoms with Gasteiger partial charge in [0.25, 0.3) is 0 Å². The van der Waals surface area contributed by atoms with Crippen LogP contribution in [0.15, 0.2) is 12.1 Å². The molecule has 0 aliphatic carbocycles. The van der Waals surface area contributed by atoms with Crippen molar-refractivity contribution in [1.29, 1.82) is 0 Å². The Morgan fingerprint density at radius 1 is 1.15 bits per heavy atom. The van der Waals surface area contributed by atoms with Crippen LogP contribution in [0.5, 0.6) is 17.2 Å². The average Bonchev–Trinajstić information content (AvgIpc) is 3.24. The normalized spacial score (nSPS) is 23.7. The van der Waals surface area contributed by atoms with E-state index in [9.17, 15) is 9.59 Å². The van der Waals surface area contributed by atoms with E-state index in [-0.39, 0.29) is 30.8 Å². The number of carbonyl (C=O) groups is 2. The predicted octanol–water partition coefficient (Wildman–Crippen LogP) is 0.903. The van der Waals surface area contributed by atoms with Crippen LogP contribution in [0.2, 0.25) is 0 Å². The number of benzene rings is 1. The van der Waals surface area contributed by atoms with Crippen LogP contribution in [0, 0.1) is 11.3 Å². The lowest BCUT2D eigenvalue weighted by molar-refractivity contribution is -0.153. The minimum Gasteiger partial charge on any atom is -0.493 e. The maximum absolute atomic E-state index is 12.9. The van der Waals surface area contributed by atoms with E-state index in [2.05, 4.69) is 0 Å². The van der Waals surface area contributed by atoms with E-state index in [4.69, 9.17) is 23.7 Å². The molecule has 0 aromatic heterocycles. The molecule has 1 amide bonds. The minimum atomic E-state index is -0.750. The van der Waals surface area contributed by atoms with Gasteiger partial charge in [-0.25, -0.2) is 0 Å². The van der Waals surface area contributed by atoms with E-state index in [1.165, 1.54) is 28.4 Å². The fourth-order valence-corrected chi connectivity index (χ4v) is 3.94. The van der Waals surface area contributed by atoms with Crippen molar-refractivity contribution in [1.82, 2.24) is 4.90 Å². The summed E-state index contributed by atoms with van der Waals surface area (Å²) in [6.45, 7) is 1.55. The fourth-order valence-electron chi connectivity index (χ4n) is 3.94. The van der Waals surface area contributed by atoms with Gasteiger partial charge in [-0.3, -0.25) is 9.59 Å². The van der Waals surface area contributed by atoms with E-state index in [1.54, 1.807) is 17.0 Å². The van der Waals surface area contributed by atoms with Crippen LogP contribution in [0.3, 0.4) is 0 Å². The fraction of sp³-hybridized carbons (Fsp3) is 0.579. The van der Waals surface area contributed by atoms with E-state index < -0.39 is 5.41 Å². The van der Waals surface area contributed by atoms with Gasteiger partial charge in [0, 0.05) is 19.0 Å². The van der Waals surface area contributed by atoms with Crippen LogP contribution >= 0.6 is 0 Å². The summed E-state index contributed by atoms with van der Waals surface area (Å²) in [6, 6.07) is 3.52.